The van der Waals surface area contributed by atoms with Crippen molar-refractivity contribution in [3.05, 3.63) is 68.9 Å². The molecule has 0 heterocycles. The molecule has 1 atom stereocenters. The van der Waals surface area contributed by atoms with Crippen molar-refractivity contribution < 1.29 is 4.39 Å². The molecule has 19 heavy (non-hydrogen) atoms. The van der Waals surface area contributed by atoms with E-state index in [9.17, 15) is 4.39 Å². The van der Waals surface area contributed by atoms with E-state index in [1.165, 1.54) is 17.7 Å². The van der Waals surface area contributed by atoms with E-state index < -0.39 is 0 Å². The molecule has 0 aliphatic heterocycles. The summed E-state index contributed by atoms with van der Waals surface area (Å²) in [5.41, 5.74) is 6.84. The Morgan fingerprint density at radius 2 is 1.79 bits per heavy atom. The predicted molar refractivity (Wildman–Crippen MR) is 79.2 cm³/mol. The summed E-state index contributed by atoms with van der Waals surface area (Å²) in [5, 5.41) is 0. The van der Waals surface area contributed by atoms with E-state index >= 15 is 0 Å². The van der Waals surface area contributed by atoms with Crippen LogP contribution in [0, 0.1) is 19.7 Å². The van der Waals surface area contributed by atoms with E-state index in [1.807, 2.05) is 32.0 Å². The summed E-state index contributed by atoms with van der Waals surface area (Å²) in [6.07, 6.45) is 0. The fraction of sp³-hybridized carbons (Fsp3) is 0.200. The lowest BCUT2D eigenvalue weighted by Crippen LogP contribution is -2.29. The van der Waals surface area contributed by atoms with Crippen molar-refractivity contribution in [2.24, 2.45) is 5.84 Å². The van der Waals surface area contributed by atoms with Crippen molar-refractivity contribution in [3.63, 3.8) is 0 Å². The largest absolute Gasteiger partial charge is 0.271 e. The van der Waals surface area contributed by atoms with Crippen molar-refractivity contribution >= 4 is 15.9 Å². The van der Waals surface area contributed by atoms with E-state index in [0.29, 0.717) is 0 Å². The van der Waals surface area contributed by atoms with Gasteiger partial charge in [0, 0.05) is 4.47 Å². The highest BCUT2D eigenvalue weighted by atomic mass is 79.9. The zero-order chi connectivity index (χ0) is 14.0. The van der Waals surface area contributed by atoms with Crippen LogP contribution >= 0.6 is 15.9 Å². The maximum atomic E-state index is 13.2. The molecule has 2 aromatic rings. The summed E-state index contributed by atoms with van der Waals surface area (Å²) in [6, 6.07) is 10.7. The molecule has 0 aromatic heterocycles. The topological polar surface area (TPSA) is 38.0 Å². The number of halogens is 2. The van der Waals surface area contributed by atoms with Crippen molar-refractivity contribution in [2.45, 2.75) is 19.9 Å². The van der Waals surface area contributed by atoms with E-state index in [-0.39, 0.29) is 11.9 Å². The SMILES string of the molecule is Cc1ccc(C(NN)c2ccc(F)cc2C)c(Br)c1. The van der Waals surface area contributed by atoms with E-state index in [2.05, 4.69) is 21.4 Å². The Kier molecular flexibility index (Phi) is 4.34. The first-order valence-corrected chi connectivity index (χ1v) is 6.80. The number of hydrazine groups is 1. The van der Waals surface area contributed by atoms with Gasteiger partial charge in [0.1, 0.15) is 5.82 Å². The maximum absolute atomic E-state index is 13.2. The minimum Gasteiger partial charge on any atom is -0.271 e. The van der Waals surface area contributed by atoms with Crippen molar-refractivity contribution in [2.75, 3.05) is 0 Å². The fourth-order valence-electron chi connectivity index (χ4n) is 2.18. The highest BCUT2D eigenvalue weighted by molar-refractivity contribution is 9.10. The van der Waals surface area contributed by atoms with Gasteiger partial charge >= 0.3 is 0 Å². The molecule has 0 bridgehead atoms. The summed E-state index contributed by atoms with van der Waals surface area (Å²) in [7, 11) is 0. The highest BCUT2D eigenvalue weighted by Crippen LogP contribution is 2.30. The number of nitrogens with two attached hydrogens (primary N) is 1. The summed E-state index contributed by atoms with van der Waals surface area (Å²) >= 11 is 3.56. The van der Waals surface area contributed by atoms with Crippen molar-refractivity contribution in [1.29, 1.82) is 0 Å². The first-order valence-electron chi connectivity index (χ1n) is 6.01. The molecule has 2 aromatic carbocycles. The standard InChI is InChI=1S/C15H16BrFN2/c1-9-3-5-13(14(16)7-9)15(19-18)12-6-4-11(17)8-10(12)2/h3-8,15,19H,18H2,1-2H3. The van der Waals surface area contributed by atoms with Crippen LogP contribution in [0.3, 0.4) is 0 Å². The van der Waals surface area contributed by atoms with Crippen LogP contribution in [-0.2, 0) is 0 Å². The molecule has 0 aliphatic rings. The zero-order valence-corrected chi connectivity index (χ0v) is 12.5. The van der Waals surface area contributed by atoms with Gasteiger partial charge in [-0.1, -0.05) is 34.1 Å². The summed E-state index contributed by atoms with van der Waals surface area (Å²) in [5.74, 6) is 5.45. The molecule has 0 amide bonds. The Morgan fingerprint density at radius 1 is 1.11 bits per heavy atom. The summed E-state index contributed by atoms with van der Waals surface area (Å²) in [6.45, 7) is 3.91. The van der Waals surface area contributed by atoms with Gasteiger partial charge in [-0.05, 0) is 54.3 Å². The molecule has 100 valence electrons. The highest BCUT2D eigenvalue weighted by Gasteiger charge is 2.17. The smallest absolute Gasteiger partial charge is 0.123 e. The zero-order valence-electron chi connectivity index (χ0n) is 10.9. The van der Waals surface area contributed by atoms with Gasteiger partial charge < -0.3 is 0 Å². The normalized spacial score (nSPS) is 12.5. The molecule has 0 radical (unpaired) electrons. The number of aryl methyl sites for hydroxylation is 2. The first-order chi connectivity index (χ1) is 9.02. The van der Waals surface area contributed by atoms with Gasteiger partial charge in [-0.25, -0.2) is 9.82 Å². The molecule has 0 spiro atoms. The van der Waals surface area contributed by atoms with Crippen LogP contribution in [0.1, 0.15) is 28.3 Å². The van der Waals surface area contributed by atoms with Gasteiger partial charge in [0.2, 0.25) is 0 Å². The number of nitrogens with one attached hydrogen (secondary N) is 1. The molecule has 4 heteroatoms. The van der Waals surface area contributed by atoms with Crippen LogP contribution < -0.4 is 11.3 Å². The van der Waals surface area contributed by atoms with Gasteiger partial charge in [0.05, 0.1) is 6.04 Å². The molecule has 2 rings (SSSR count). The van der Waals surface area contributed by atoms with Gasteiger partial charge in [0.25, 0.3) is 0 Å². The minimum absolute atomic E-state index is 0.171. The van der Waals surface area contributed by atoms with Crippen LogP contribution in [0.4, 0.5) is 4.39 Å². The molecular formula is C15H16BrFN2. The molecule has 0 saturated heterocycles. The van der Waals surface area contributed by atoms with Crippen LogP contribution in [0.15, 0.2) is 40.9 Å². The average molecular weight is 323 g/mol. The molecule has 0 fully saturated rings. The van der Waals surface area contributed by atoms with Crippen molar-refractivity contribution in [1.82, 2.24) is 5.43 Å². The minimum atomic E-state index is -0.236. The van der Waals surface area contributed by atoms with Crippen LogP contribution in [0.25, 0.3) is 0 Å². The number of hydrogen-bond acceptors (Lipinski definition) is 2. The van der Waals surface area contributed by atoms with Gasteiger partial charge in [-0.3, -0.25) is 5.84 Å². The van der Waals surface area contributed by atoms with Crippen LogP contribution in [0.2, 0.25) is 0 Å². The number of hydrogen-bond donors (Lipinski definition) is 2. The van der Waals surface area contributed by atoms with Crippen LogP contribution in [0.5, 0.6) is 0 Å². The second-order valence-corrected chi connectivity index (χ2v) is 5.48. The van der Waals surface area contributed by atoms with Gasteiger partial charge in [-0.2, -0.15) is 0 Å². The maximum Gasteiger partial charge on any atom is 0.123 e. The molecule has 3 N–H and O–H groups in total. The molecule has 0 aliphatic carbocycles. The first kappa shape index (κ1) is 14.2. The Hall–Kier alpha value is -1.23. The predicted octanol–water partition coefficient (Wildman–Crippen LogP) is 3.76. The fourth-order valence-corrected chi connectivity index (χ4v) is 2.90. The van der Waals surface area contributed by atoms with Gasteiger partial charge in [-0.15, -0.1) is 0 Å². The van der Waals surface area contributed by atoms with Crippen LogP contribution in [-0.4, -0.2) is 0 Å². The summed E-state index contributed by atoms with van der Waals surface area (Å²) < 4.78 is 14.2. The lowest BCUT2D eigenvalue weighted by atomic mass is 9.95. The monoisotopic (exact) mass is 322 g/mol. The second kappa shape index (κ2) is 5.82. The lowest BCUT2D eigenvalue weighted by molar-refractivity contribution is 0.611. The Balaban J connectivity index is 2.50. The quantitative estimate of drug-likeness (QED) is 0.667. The molecule has 1 unspecified atom stereocenters. The Morgan fingerprint density at radius 3 is 2.37 bits per heavy atom. The van der Waals surface area contributed by atoms with E-state index in [4.69, 9.17) is 5.84 Å². The average Bonchev–Trinajstić information content (AvgIpc) is 2.34. The molecular weight excluding hydrogens is 307 g/mol. The third kappa shape index (κ3) is 3.03. The van der Waals surface area contributed by atoms with E-state index in [1.54, 1.807) is 6.07 Å². The Bertz CT molecular complexity index is 547. The Labute approximate surface area is 120 Å². The van der Waals surface area contributed by atoms with Gasteiger partial charge in [0.15, 0.2) is 0 Å². The number of rotatable bonds is 3. The third-order valence-electron chi connectivity index (χ3n) is 3.18. The molecule has 0 saturated carbocycles. The third-order valence-corrected chi connectivity index (χ3v) is 3.86. The number of benzene rings is 2. The lowest BCUT2D eigenvalue weighted by Gasteiger charge is -2.20. The van der Waals surface area contributed by atoms with Crippen molar-refractivity contribution in [3.8, 4) is 0 Å². The summed E-state index contributed by atoms with van der Waals surface area (Å²) in [4.78, 5) is 0. The van der Waals surface area contributed by atoms with E-state index in [0.717, 1.165) is 21.2 Å². The second-order valence-electron chi connectivity index (χ2n) is 4.63. The molecule has 2 nitrogen and oxygen atoms in total.